The van der Waals surface area contributed by atoms with E-state index in [9.17, 15) is 0 Å². The van der Waals surface area contributed by atoms with Gasteiger partial charge < -0.3 is 5.73 Å². The first kappa shape index (κ1) is 7.61. The van der Waals surface area contributed by atoms with E-state index >= 15 is 0 Å². The first-order chi connectivity index (χ1) is 4.61. The molecule has 1 rings (SSSR count). The highest BCUT2D eigenvalue weighted by Gasteiger charge is 1.98. The highest BCUT2D eigenvalue weighted by atomic mass is 79.9. The second kappa shape index (κ2) is 2.62. The summed E-state index contributed by atoms with van der Waals surface area (Å²) in [7, 11) is 0. The molecular formula is C8H9BrN. The molecule has 1 nitrogen and oxygen atoms in total. The lowest BCUT2D eigenvalue weighted by molar-refractivity contribution is 1.30. The normalized spacial score (nSPS) is 9.90. The summed E-state index contributed by atoms with van der Waals surface area (Å²) < 4.78 is 1.05. The number of benzene rings is 1. The minimum Gasteiger partial charge on any atom is -0.300 e. The third-order valence-electron chi connectivity index (χ3n) is 1.50. The van der Waals surface area contributed by atoms with Crippen LogP contribution in [0.2, 0.25) is 0 Å². The molecule has 1 aromatic carbocycles. The van der Waals surface area contributed by atoms with Gasteiger partial charge in [0.25, 0.3) is 0 Å². The van der Waals surface area contributed by atoms with Gasteiger partial charge in [0.15, 0.2) is 0 Å². The molecular weight excluding hydrogens is 190 g/mol. The standard InChI is InChI=1S/C8H9BrN/c1-5-3-7(9)4-6(2)8(5)10/h3-4,10H,1-2H3. The van der Waals surface area contributed by atoms with E-state index in [1.54, 1.807) is 0 Å². The van der Waals surface area contributed by atoms with Crippen LogP contribution in [-0.4, -0.2) is 0 Å². The molecule has 0 heterocycles. The lowest BCUT2D eigenvalue weighted by Gasteiger charge is -2.02. The van der Waals surface area contributed by atoms with Crippen molar-refractivity contribution in [2.45, 2.75) is 13.8 Å². The third kappa shape index (κ3) is 1.32. The van der Waals surface area contributed by atoms with Crippen LogP contribution in [0.3, 0.4) is 0 Å². The van der Waals surface area contributed by atoms with Gasteiger partial charge in [-0.25, -0.2) is 0 Å². The average molecular weight is 199 g/mol. The Morgan fingerprint density at radius 2 is 1.60 bits per heavy atom. The molecule has 2 heteroatoms. The minimum atomic E-state index is 0.642. The van der Waals surface area contributed by atoms with Gasteiger partial charge in [-0.1, -0.05) is 15.9 Å². The number of hydrogen-bond acceptors (Lipinski definition) is 0. The number of hydrogen-bond donors (Lipinski definition) is 0. The van der Waals surface area contributed by atoms with E-state index < -0.39 is 0 Å². The van der Waals surface area contributed by atoms with E-state index in [-0.39, 0.29) is 0 Å². The summed E-state index contributed by atoms with van der Waals surface area (Å²) in [5, 5.41) is 0. The summed E-state index contributed by atoms with van der Waals surface area (Å²) in [5.41, 5.74) is 10.2. The Morgan fingerprint density at radius 1 is 1.20 bits per heavy atom. The molecule has 0 aliphatic carbocycles. The second-order valence-corrected chi connectivity index (χ2v) is 3.33. The molecule has 0 spiro atoms. The number of nitrogens with one attached hydrogen (secondary N) is 1. The highest BCUT2D eigenvalue weighted by Crippen LogP contribution is 2.22. The van der Waals surface area contributed by atoms with E-state index in [1.807, 2.05) is 26.0 Å². The SMILES string of the molecule is Cc1cc(Br)cc(C)c1[NH]. The molecule has 0 atom stereocenters. The summed E-state index contributed by atoms with van der Waals surface area (Å²) in [6.07, 6.45) is 0. The summed E-state index contributed by atoms with van der Waals surface area (Å²) >= 11 is 3.36. The van der Waals surface area contributed by atoms with Crippen LogP contribution in [0.5, 0.6) is 0 Å². The van der Waals surface area contributed by atoms with E-state index in [1.165, 1.54) is 0 Å². The van der Waals surface area contributed by atoms with Crippen molar-refractivity contribution >= 4 is 21.6 Å². The van der Waals surface area contributed by atoms with Gasteiger partial charge in [0, 0.05) is 4.47 Å². The van der Waals surface area contributed by atoms with Crippen molar-refractivity contribution in [1.29, 1.82) is 0 Å². The van der Waals surface area contributed by atoms with E-state index in [0.717, 1.165) is 15.6 Å². The summed E-state index contributed by atoms with van der Waals surface area (Å²) in [6.45, 7) is 3.89. The molecule has 1 aromatic rings. The van der Waals surface area contributed by atoms with E-state index in [4.69, 9.17) is 5.73 Å². The van der Waals surface area contributed by atoms with Gasteiger partial charge in [-0.2, -0.15) is 0 Å². The Balaban J connectivity index is 3.31. The van der Waals surface area contributed by atoms with Gasteiger partial charge in [-0.3, -0.25) is 0 Å². The Kier molecular flexibility index (Phi) is 2.00. The number of aryl methyl sites for hydroxylation is 2. The zero-order valence-electron chi connectivity index (χ0n) is 6.03. The zero-order valence-corrected chi connectivity index (χ0v) is 7.62. The van der Waals surface area contributed by atoms with Crippen LogP contribution in [0.1, 0.15) is 11.1 Å². The Hall–Kier alpha value is -0.500. The predicted octanol–water partition coefficient (Wildman–Crippen LogP) is 2.98. The fraction of sp³-hybridized carbons (Fsp3) is 0.250. The van der Waals surface area contributed by atoms with Crippen molar-refractivity contribution in [2.75, 3.05) is 0 Å². The average Bonchev–Trinajstić information content (AvgIpc) is 1.82. The van der Waals surface area contributed by atoms with Crippen LogP contribution in [0.25, 0.3) is 0 Å². The molecule has 0 bridgehead atoms. The Bertz CT molecular complexity index is 232. The summed E-state index contributed by atoms with van der Waals surface area (Å²) in [6, 6.07) is 3.91. The molecule has 0 aliphatic heterocycles. The van der Waals surface area contributed by atoms with Gasteiger partial charge in [0.1, 0.15) is 0 Å². The first-order valence-corrected chi connectivity index (χ1v) is 3.89. The van der Waals surface area contributed by atoms with Crippen molar-refractivity contribution in [3.05, 3.63) is 27.7 Å². The fourth-order valence-electron chi connectivity index (χ4n) is 0.911. The highest BCUT2D eigenvalue weighted by molar-refractivity contribution is 9.10. The Morgan fingerprint density at radius 3 is 2.00 bits per heavy atom. The smallest absolute Gasteiger partial charge is 0.0598 e. The van der Waals surface area contributed by atoms with Crippen LogP contribution in [0.15, 0.2) is 16.6 Å². The molecule has 10 heavy (non-hydrogen) atoms. The molecule has 0 amide bonds. The minimum absolute atomic E-state index is 0.642. The Labute approximate surface area is 69.4 Å². The van der Waals surface area contributed by atoms with Crippen LogP contribution in [0.4, 0.5) is 5.69 Å². The van der Waals surface area contributed by atoms with E-state index in [2.05, 4.69) is 15.9 Å². The van der Waals surface area contributed by atoms with Crippen molar-refractivity contribution in [3.8, 4) is 0 Å². The summed E-state index contributed by atoms with van der Waals surface area (Å²) in [5.74, 6) is 0. The molecule has 0 aliphatic rings. The van der Waals surface area contributed by atoms with Gasteiger partial charge in [-0.15, -0.1) is 0 Å². The van der Waals surface area contributed by atoms with Crippen LogP contribution >= 0.6 is 15.9 Å². The predicted molar refractivity (Wildman–Crippen MR) is 46.4 cm³/mol. The van der Waals surface area contributed by atoms with Crippen molar-refractivity contribution in [2.24, 2.45) is 0 Å². The van der Waals surface area contributed by atoms with E-state index in [0.29, 0.717) is 5.69 Å². The lowest BCUT2D eigenvalue weighted by Crippen LogP contribution is -1.82. The molecule has 1 N–H and O–H groups in total. The molecule has 1 radical (unpaired) electrons. The largest absolute Gasteiger partial charge is 0.300 e. The van der Waals surface area contributed by atoms with Crippen LogP contribution < -0.4 is 5.73 Å². The molecule has 0 aromatic heterocycles. The number of rotatable bonds is 0. The number of halogens is 1. The molecule has 0 fully saturated rings. The maximum Gasteiger partial charge on any atom is 0.0598 e. The maximum atomic E-state index is 7.52. The topological polar surface area (TPSA) is 23.8 Å². The molecule has 0 saturated heterocycles. The van der Waals surface area contributed by atoms with Gasteiger partial charge in [0.05, 0.1) is 5.69 Å². The van der Waals surface area contributed by atoms with Crippen LogP contribution in [-0.2, 0) is 0 Å². The van der Waals surface area contributed by atoms with Crippen molar-refractivity contribution < 1.29 is 0 Å². The fourth-order valence-corrected chi connectivity index (χ4v) is 1.60. The first-order valence-electron chi connectivity index (χ1n) is 3.09. The van der Waals surface area contributed by atoms with Gasteiger partial charge in [-0.05, 0) is 37.1 Å². The molecule has 0 saturated carbocycles. The third-order valence-corrected chi connectivity index (χ3v) is 1.96. The van der Waals surface area contributed by atoms with Crippen molar-refractivity contribution in [3.63, 3.8) is 0 Å². The van der Waals surface area contributed by atoms with Gasteiger partial charge >= 0.3 is 0 Å². The van der Waals surface area contributed by atoms with Gasteiger partial charge in [0.2, 0.25) is 0 Å². The zero-order chi connectivity index (χ0) is 7.72. The molecule has 0 unspecified atom stereocenters. The van der Waals surface area contributed by atoms with Crippen LogP contribution in [0, 0.1) is 13.8 Å². The second-order valence-electron chi connectivity index (χ2n) is 2.41. The maximum absolute atomic E-state index is 7.52. The quantitative estimate of drug-likeness (QED) is 0.613. The summed E-state index contributed by atoms with van der Waals surface area (Å²) in [4.78, 5) is 0. The lowest BCUT2D eigenvalue weighted by atomic mass is 10.1. The van der Waals surface area contributed by atoms with Crippen molar-refractivity contribution in [1.82, 2.24) is 5.73 Å². The molecule has 53 valence electrons. The monoisotopic (exact) mass is 198 g/mol.